The topological polar surface area (TPSA) is 726 Å². The van der Waals surface area contributed by atoms with Crippen molar-refractivity contribution in [1.29, 1.82) is 0 Å². The predicted octanol–water partition coefficient (Wildman–Crippen LogP) is -6.08. The van der Waals surface area contributed by atoms with E-state index >= 15 is 0 Å². The summed E-state index contributed by atoms with van der Waals surface area (Å²) in [6, 6.07) is -16.0. The first-order valence-corrected chi connectivity index (χ1v) is 43.9. The van der Waals surface area contributed by atoms with Crippen molar-refractivity contribution in [3.05, 3.63) is 35.9 Å². The van der Waals surface area contributed by atoms with E-state index in [0.717, 1.165) is 6.92 Å². The van der Waals surface area contributed by atoms with Gasteiger partial charge in [-0.25, -0.2) is 0 Å². The zero-order valence-corrected chi connectivity index (χ0v) is 76.8. The van der Waals surface area contributed by atoms with Gasteiger partial charge >= 0.3 is 11.9 Å². The summed E-state index contributed by atoms with van der Waals surface area (Å²) in [5.74, 6) is -22.7. The maximum atomic E-state index is 14.6. The fourth-order valence-corrected chi connectivity index (χ4v) is 13.8. The number of carboxylic acids is 2. The average molecular weight is 1850 g/mol. The molecular weight excluding hydrogens is 1710 g/mol. The highest BCUT2D eigenvalue weighted by molar-refractivity contribution is 7.80. The van der Waals surface area contributed by atoms with Gasteiger partial charge in [0.05, 0.1) is 38.3 Å². The highest BCUT2D eigenvalue weighted by atomic mass is 32.1. The normalized spacial score (nSPS) is 16.5. The second-order valence-corrected chi connectivity index (χ2v) is 34.7. The molecular formula is C83H139N21O24S. The van der Waals surface area contributed by atoms with Gasteiger partial charge in [0.25, 0.3) is 0 Å². The van der Waals surface area contributed by atoms with E-state index in [0.29, 0.717) is 18.4 Å². The first-order valence-electron chi connectivity index (χ1n) is 43.3. The van der Waals surface area contributed by atoms with Crippen LogP contribution in [0.3, 0.4) is 0 Å². The molecule has 17 amide bonds. The van der Waals surface area contributed by atoms with Crippen LogP contribution in [0.25, 0.3) is 0 Å². The molecule has 28 N–H and O–H groups in total. The monoisotopic (exact) mass is 1850 g/mol. The SMILES string of the molecule is CC[C@H](C)[C@H](NC(=O)[C@H](CCC(=O)O)NC(=O)[C@H](CO)NC(=O)[C@@H](NC(=O)[C@H](CC(C)C)NC(=O)[C@H](CC(C)C)NC(=O)[C@H](CC(C)C)NC(=O)[C@H](CC(C)C)NC(=O)[C@H](CS)NC(=O)[C@H](CO)NC(=O)[C@H](Cc1ccccc1)NC(=O)CNC(=O)[C@H](CCCN=C(N)N)NC(=O)[C@@H]1CCCN1C(=O)[C@H](C)N)[C@@H](C)O)C(=O)N[C@@H](CC(=O)O)C(=O)N[C@@H](CC(C)C)C(N)=O. The van der Waals surface area contributed by atoms with Crippen molar-refractivity contribution in [2.24, 2.45) is 63.4 Å². The molecule has 1 saturated heterocycles. The number of thiol groups is 1. The van der Waals surface area contributed by atoms with Crippen LogP contribution in [0.2, 0.25) is 0 Å². The zero-order valence-electron chi connectivity index (χ0n) is 76.0. The van der Waals surface area contributed by atoms with Gasteiger partial charge in [0.2, 0.25) is 100 Å². The number of aliphatic carboxylic acids is 2. The third kappa shape index (κ3) is 41.7. The van der Waals surface area contributed by atoms with Gasteiger partial charge < -0.3 is 133 Å². The number of amides is 17. The van der Waals surface area contributed by atoms with Crippen LogP contribution in [0, 0.1) is 35.5 Å². The van der Waals surface area contributed by atoms with Gasteiger partial charge in [0.15, 0.2) is 5.96 Å². The summed E-state index contributed by atoms with van der Waals surface area (Å²) in [5, 5.41) is 88.2. The van der Waals surface area contributed by atoms with Gasteiger partial charge in [-0.2, -0.15) is 12.6 Å². The molecule has 46 heteroatoms. The van der Waals surface area contributed by atoms with E-state index in [1.807, 2.05) is 0 Å². The summed E-state index contributed by atoms with van der Waals surface area (Å²) >= 11 is 4.29. The fourth-order valence-electron chi connectivity index (χ4n) is 13.5. The fraction of sp³-hybridized carbons (Fsp3) is 0.687. The molecule has 1 heterocycles. The smallest absolute Gasteiger partial charge is 0.305 e. The Balaban J connectivity index is 2.39. The Morgan fingerprint density at radius 2 is 0.845 bits per heavy atom. The number of primary amides is 1. The van der Waals surface area contributed by atoms with Crippen molar-refractivity contribution in [3.63, 3.8) is 0 Å². The average Bonchev–Trinajstić information content (AvgIpc) is 1.78. The lowest BCUT2D eigenvalue weighted by Crippen LogP contribution is -2.63. The number of benzene rings is 1. The number of nitrogens with two attached hydrogens (primary N) is 4. The molecule has 726 valence electrons. The Bertz CT molecular complexity index is 3990. The zero-order chi connectivity index (χ0) is 98.0. The number of aliphatic hydroxyl groups is 3. The van der Waals surface area contributed by atoms with Gasteiger partial charge in [-0.05, 0) is 119 Å². The van der Waals surface area contributed by atoms with Crippen LogP contribution in [0.1, 0.15) is 186 Å². The number of carbonyl (C=O) groups is 19. The number of guanidine groups is 1. The molecule has 0 unspecified atom stereocenters. The van der Waals surface area contributed by atoms with Crippen LogP contribution in [0.15, 0.2) is 35.3 Å². The molecule has 1 aliphatic rings. The molecule has 0 aromatic heterocycles. The molecule has 18 atom stereocenters. The number of rotatable bonds is 59. The number of hydrogen-bond acceptors (Lipinski definition) is 25. The van der Waals surface area contributed by atoms with E-state index < -0.39 is 266 Å². The van der Waals surface area contributed by atoms with Crippen molar-refractivity contribution in [2.45, 2.75) is 290 Å². The molecule has 1 aliphatic heterocycles. The van der Waals surface area contributed by atoms with Crippen LogP contribution in [0.5, 0.6) is 0 Å². The third-order valence-corrected chi connectivity index (χ3v) is 20.9. The van der Waals surface area contributed by atoms with E-state index in [9.17, 15) is 117 Å². The van der Waals surface area contributed by atoms with Crippen molar-refractivity contribution in [3.8, 4) is 0 Å². The highest BCUT2D eigenvalue weighted by Gasteiger charge is 2.42. The lowest BCUT2D eigenvalue weighted by Gasteiger charge is -2.30. The van der Waals surface area contributed by atoms with Crippen LogP contribution in [-0.4, -0.2) is 290 Å². The summed E-state index contributed by atoms with van der Waals surface area (Å²) in [4.78, 5) is 265. The van der Waals surface area contributed by atoms with Crippen LogP contribution in [-0.2, 0) is 97.5 Å². The standard InChI is InChI=1S/C83H139N21O24S/c1-15-45(12)65(80(126)98-57(35-64(111)112)74(120)93-51(67(85)113)29-40(2)3)102-69(115)50(25-26-63(109)110)91-76(122)59(38-106)100-81(127)66(47(14)107)103-75(121)55(33-44(10)11)96-71(117)53(31-42(6)7)94-70(116)52(30-41(4)5)95-72(118)54(32-43(8)9)97-78(124)60(39-129)101-77(123)58(37-105)99-73(119)56(34-48-21-17-16-18-22-48)90-62(108)36-89-68(114)49(23-19-27-88-83(86)87)92-79(125)61-24-20-28-104(61)82(128)46(13)84/h16-18,21-22,40-47,49-61,65-66,105-107,129H,15,19-20,23-39,84H2,1-14H3,(H2,85,113)(H,89,114)(H,90,108)(H,91,122)(H,92,125)(H,93,120)(H,94,116)(H,95,118)(H,96,117)(H,97,124)(H,98,126)(H,99,119)(H,100,127)(H,101,123)(H,102,115)(H,103,121)(H,109,110)(H,111,112)(H4,86,87,88)/t45-,46-,47+,49-,50-,51-,52-,53-,54-,55-,56-,57-,58-,59-,60-,61-,65-,66-/m0/s1. The minimum atomic E-state index is -2.01. The third-order valence-electron chi connectivity index (χ3n) is 20.5. The van der Waals surface area contributed by atoms with E-state index in [-0.39, 0.29) is 106 Å². The highest BCUT2D eigenvalue weighted by Crippen LogP contribution is 2.21. The predicted molar refractivity (Wildman–Crippen MR) is 473 cm³/mol. The molecule has 129 heavy (non-hydrogen) atoms. The van der Waals surface area contributed by atoms with Crippen molar-refractivity contribution < 1.29 is 117 Å². The molecule has 1 aromatic carbocycles. The minimum Gasteiger partial charge on any atom is -0.481 e. The van der Waals surface area contributed by atoms with Gasteiger partial charge in [-0.1, -0.05) is 120 Å². The minimum absolute atomic E-state index is 0.0193. The van der Waals surface area contributed by atoms with Gasteiger partial charge in [0, 0.05) is 31.7 Å². The molecule has 0 aliphatic carbocycles. The van der Waals surface area contributed by atoms with Gasteiger partial charge in [-0.15, -0.1) is 0 Å². The number of aliphatic hydroxyl groups excluding tert-OH is 3. The maximum absolute atomic E-state index is 14.6. The summed E-state index contributed by atoms with van der Waals surface area (Å²) < 4.78 is 0. The maximum Gasteiger partial charge on any atom is 0.305 e. The Morgan fingerprint density at radius 1 is 0.457 bits per heavy atom. The number of nitrogens with one attached hydrogen (secondary N) is 15. The molecule has 2 rings (SSSR count). The van der Waals surface area contributed by atoms with Crippen LogP contribution >= 0.6 is 12.6 Å². The largest absolute Gasteiger partial charge is 0.481 e. The lowest BCUT2D eigenvalue weighted by atomic mass is 9.96. The Morgan fingerprint density at radius 3 is 1.28 bits per heavy atom. The number of aliphatic imine (C=N–C) groups is 1. The molecule has 1 fully saturated rings. The van der Waals surface area contributed by atoms with Crippen molar-refractivity contribution >= 4 is 131 Å². The van der Waals surface area contributed by atoms with Gasteiger partial charge in [-0.3, -0.25) is 96.1 Å². The quantitative estimate of drug-likeness (QED) is 0.0125. The summed E-state index contributed by atoms with van der Waals surface area (Å²) in [6.07, 6.45) is -3.61. The molecule has 0 radical (unpaired) electrons. The molecule has 45 nitrogen and oxygen atoms in total. The van der Waals surface area contributed by atoms with Gasteiger partial charge in [0.1, 0.15) is 90.6 Å². The van der Waals surface area contributed by atoms with E-state index in [1.165, 1.54) is 18.7 Å². The second kappa shape index (κ2) is 57.5. The number of likely N-dealkylation sites (tertiary alicyclic amines) is 1. The molecule has 0 saturated carbocycles. The van der Waals surface area contributed by atoms with E-state index in [1.54, 1.807) is 106 Å². The number of nitrogens with zero attached hydrogens (tertiary/aromatic N) is 2. The molecule has 0 spiro atoms. The summed E-state index contributed by atoms with van der Waals surface area (Å²) in [7, 11) is 0. The Hall–Kier alpha value is -11.4. The molecule has 0 bridgehead atoms. The van der Waals surface area contributed by atoms with Crippen molar-refractivity contribution in [2.75, 3.05) is 38.6 Å². The van der Waals surface area contributed by atoms with Crippen LogP contribution < -0.4 is 103 Å². The second-order valence-electron chi connectivity index (χ2n) is 34.4. The van der Waals surface area contributed by atoms with E-state index in [4.69, 9.17) is 22.9 Å². The number of hydrogen-bond donors (Lipinski definition) is 25. The van der Waals surface area contributed by atoms with E-state index in [2.05, 4.69) is 97.4 Å². The Labute approximate surface area is 756 Å². The Kier molecular flexibility index (Phi) is 50.7. The number of carboxylic acid groups (broad SMARTS) is 2. The summed E-state index contributed by atoms with van der Waals surface area (Å²) in [5.41, 5.74) is 22.8. The summed E-state index contributed by atoms with van der Waals surface area (Å²) in [6.45, 7) is 20.1. The van der Waals surface area contributed by atoms with Crippen LogP contribution in [0.4, 0.5) is 0 Å². The number of carbonyl (C=O) groups excluding carboxylic acids is 17. The lowest BCUT2D eigenvalue weighted by molar-refractivity contribution is -0.142. The first kappa shape index (κ1) is 114. The first-order chi connectivity index (χ1) is 60.4. The van der Waals surface area contributed by atoms with Crippen molar-refractivity contribution in [1.82, 2.24) is 84.7 Å². The molecule has 1 aromatic rings.